The number of fused-ring (bicyclic) bond motifs is 7. The Balaban J connectivity index is 1.90. The van der Waals surface area contributed by atoms with E-state index < -0.39 is 6.10 Å². The van der Waals surface area contributed by atoms with Gasteiger partial charge in [0.15, 0.2) is 6.10 Å². The van der Waals surface area contributed by atoms with Crippen LogP contribution in [0, 0.1) is 0 Å². The van der Waals surface area contributed by atoms with Gasteiger partial charge in [0.05, 0.1) is 7.11 Å². The average molecular weight is 354 g/mol. The molecule has 1 unspecified atom stereocenters. The minimum absolute atomic E-state index is 0.285. The highest BCUT2D eigenvalue weighted by Crippen LogP contribution is 2.51. The Morgan fingerprint density at radius 1 is 0.889 bits per heavy atom. The molecule has 5 rings (SSSR count). The first kappa shape index (κ1) is 15.9. The van der Waals surface area contributed by atoms with Gasteiger partial charge < -0.3 is 9.47 Å². The van der Waals surface area contributed by atoms with Crippen molar-refractivity contribution < 1.29 is 14.3 Å². The number of ether oxygens (including phenoxy) is 2. The predicted molar refractivity (Wildman–Crippen MR) is 107 cm³/mol. The van der Waals surface area contributed by atoms with Gasteiger partial charge in [-0.2, -0.15) is 0 Å². The van der Waals surface area contributed by atoms with E-state index in [0.717, 1.165) is 38.8 Å². The summed E-state index contributed by atoms with van der Waals surface area (Å²) in [6.07, 6.45) is -0.409. The molecule has 3 nitrogen and oxygen atoms in total. The van der Waals surface area contributed by atoms with Crippen molar-refractivity contribution in [3.8, 4) is 16.9 Å². The monoisotopic (exact) mass is 354 g/mol. The summed E-state index contributed by atoms with van der Waals surface area (Å²) in [6, 6.07) is 22.8. The number of carbonyl (C=O) groups is 1. The number of hydrogen-bond donors (Lipinski definition) is 0. The van der Waals surface area contributed by atoms with Crippen molar-refractivity contribution in [1.82, 2.24) is 0 Å². The molecule has 0 aliphatic heterocycles. The van der Waals surface area contributed by atoms with E-state index in [-0.39, 0.29) is 5.97 Å². The highest BCUT2D eigenvalue weighted by molar-refractivity contribution is 6.06. The Labute approximate surface area is 157 Å². The van der Waals surface area contributed by atoms with Crippen molar-refractivity contribution >= 4 is 27.5 Å². The zero-order chi connectivity index (χ0) is 18.5. The second kappa shape index (κ2) is 5.85. The summed E-state index contributed by atoms with van der Waals surface area (Å²) in [4.78, 5) is 11.9. The van der Waals surface area contributed by atoms with E-state index in [4.69, 9.17) is 9.47 Å². The fourth-order valence-electron chi connectivity index (χ4n) is 4.20. The fraction of sp³-hybridized carbons (Fsp3) is 0.125. The maximum atomic E-state index is 11.9. The molecule has 0 amide bonds. The number of esters is 1. The molecule has 132 valence electrons. The van der Waals surface area contributed by atoms with Crippen molar-refractivity contribution in [2.75, 3.05) is 7.11 Å². The molecule has 0 saturated heterocycles. The van der Waals surface area contributed by atoms with Crippen molar-refractivity contribution in [1.29, 1.82) is 0 Å². The summed E-state index contributed by atoms with van der Waals surface area (Å²) in [7, 11) is 1.66. The standard InChI is InChI=1S/C24H18O3/c1-14(25)27-24-20-12-9-15-5-3-4-6-18(15)22(20)19-11-8-16-7-10-17(26-2)13-21(16)23(19)24/h3-13,24H,1-2H3. The van der Waals surface area contributed by atoms with E-state index in [1.165, 1.54) is 17.7 Å². The predicted octanol–water partition coefficient (Wildman–Crippen LogP) is 5.63. The van der Waals surface area contributed by atoms with Crippen LogP contribution in [0.1, 0.15) is 24.2 Å². The lowest BCUT2D eigenvalue weighted by Gasteiger charge is -2.16. The molecule has 4 aromatic carbocycles. The molecule has 1 aliphatic carbocycles. The van der Waals surface area contributed by atoms with E-state index >= 15 is 0 Å². The van der Waals surface area contributed by atoms with Gasteiger partial charge in [0.2, 0.25) is 0 Å². The van der Waals surface area contributed by atoms with Gasteiger partial charge >= 0.3 is 5.97 Å². The van der Waals surface area contributed by atoms with Crippen LogP contribution in [0.3, 0.4) is 0 Å². The molecule has 1 aliphatic rings. The number of carbonyl (C=O) groups excluding carboxylic acids is 1. The minimum atomic E-state index is -0.409. The number of rotatable bonds is 2. The maximum absolute atomic E-state index is 11.9. The summed E-state index contributed by atoms with van der Waals surface area (Å²) in [5.41, 5.74) is 4.34. The average Bonchev–Trinajstić information content (AvgIpc) is 3.01. The molecule has 1 atom stereocenters. The molecular formula is C24H18O3. The van der Waals surface area contributed by atoms with Crippen LogP contribution in [0.5, 0.6) is 5.75 Å². The van der Waals surface area contributed by atoms with Crippen LogP contribution in [0.2, 0.25) is 0 Å². The van der Waals surface area contributed by atoms with Gasteiger partial charge in [0.1, 0.15) is 5.75 Å². The number of hydrogen-bond acceptors (Lipinski definition) is 3. The molecule has 0 aromatic heterocycles. The Bertz CT molecular complexity index is 1220. The van der Waals surface area contributed by atoms with E-state index in [1.54, 1.807) is 7.11 Å². The Kier molecular flexibility index (Phi) is 3.44. The number of benzene rings is 4. The van der Waals surface area contributed by atoms with Gasteiger partial charge in [0, 0.05) is 18.1 Å². The second-order valence-corrected chi connectivity index (χ2v) is 6.85. The van der Waals surface area contributed by atoms with Crippen LogP contribution in [-0.4, -0.2) is 13.1 Å². The zero-order valence-corrected chi connectivity index (χ0v) is 15.2. The van der Waals surface area contributed by atoms with Crippen LogP contribution in [0.25, 0.3) is 32.7 Å². The van der Waals surface area contributed by atoms with Crippen LogP contribution >= 0.6 is 0 Å². The van der Waals surface area contributed by atoms with Gasteiger partial charge in [-0.1, -0.05) is 54.6 Å². The van der Waals surface area contributed by atoms with Crippen molar-refractivity contribution in [2.45, 2.75) is 13.0 Å². The van der Waals surface area contributed by atoms with E-state index in [2.05, 4.69) is 36.4 Å². The molecule has 0 fully saturated rings. The highest BCUT2D eigenvalue weighted by Gasteiger charge is 2.34. The van der Waals surface area contributed by atoms with Gasteiger partial charge in [-0.3, -0.25) is 4.79 Å². The Morgan fingerprint density at radius 2 is 1.63 bits per heavy atom. The lowest BCUT2D eigenvalue weighted by atomic mass is 9.96. The van der Waals surface area contributed by atoms with Crippen molar-refractivity contribution in [3.63, 3.8) is 0 Å². The van der Waals surface area contributed by atoms with Crippen LogP contribution in [-0.2, 0) is 9.53 Å². The molecule has 0 saturated carbocycles. The van der Waals surface area contributed by atoms with Crippen LogP contribution in [0.15, 0.2) is 66.7 Å². The van der Waals surface area contributed by atoms with E-state index in [9.17, 15) is 4.79 Å². The van der Waals surface area contributed by atoms with Crippen LogP contribution in [0.4, 0.5) is 0 Å². The van der Waals surface area contributed by atoms with Crippen LogP contribution < -0.4 is 4.74 Å². The summed E-state index contributed by atoms with van der Waals surface area (Å²) >= 11 is 0. The third kappa shape index (κ3) is 2.32. The highest BCUT2D eigenvalue weighted by atomic mass is 16.5. The Hall–Kier alpha value is -3.33. The normalized spacial score (nSPS) is 14.8. The second-order valence-electron chi connectivity index (χ2n) is 6.85. The summed E-state index contributed by atoms with van der Waals surface area (Å²) < 4.78 is 11.3. The molecule has 0 spiro atoms. The summed E-state index contributed by atoms with van der Waals surface area (Å²) in [5, 5.41) is 4.51. The molecule has 0 radical (unpaired) electrons. The first-order valence-electron chi connectivity index (χ1n) is 8.97. The molecule has 27 heavy (non-hydrogen) atoms. The van der Waals surface area contributed by atoms with Gasteiger partial charge in [-0.05, 0) is 44.8 Å². The molecule has 0 bridgehead atoms. The van der Waals surface area contributed by atoms with Crippen molar-refractivity contribution in [3.05, 3.63) is 77.9 Å². The third-order valence-corrected chi connectivity index (χ3v) is 5.33. The van der Waals surface area contributed by atoms with E-state index in [1.807, 2.05) is 30.3 Å². The Morgan fingerprint density at radius 3 is 2.44 bits per heavy atom. The van der Waals surface area contributed by atoms with E-state index in [0.29, 0.717) is 0 Å². The summed E-state index contributed by atoms with van der Waals surface area (Å²) in [5.74, 6) is 0.505. The van der Waals surface area contributed by atoms with Gasteiger partial charge in [-0.25, -0.2) is 0 Å². The molecule has 0 N–H and O–H groups in total. The zero-order valence-electron chi connectivity index (χ0n) is 15.2. The minimum Gasteiger partial charge on any atom is -0.497 e. The first-order chi connectivity index (χ1) is 13.2. The SMILES string of the molecule is COc1ccc2ccc3c(c2c1)C(OC(C)=O)c1ccc2ccccc2c1-3. The molecular weight excluding hydrogens is 336 g/mol. The third-order valence-electron chi connectivity index (χ3n) is 5.33. The lowest BCUT2D eigenvalue weighted by molar-refractivity contribution is -0.144. The topological polar surface area (TPSA) is 35.5 Å². The maximum Gasteiger partial charge on any atom is 0.303 e. The van der Waals surface area contributed by atoms with Gasteiger partial charge in [-0.15, -0.1) is 0 Å². The quantitative estimate of drug-likeness (QED) is 0.437. The molecule has 0 heterocycles. The van der Waals surface area contributed by atoms with Gasteiger partial charge in [0.25, 0.3) is 0 Å². The first-order valence-corrected chi connectivity index (χ1v) is 8.97. The van der Waals surface area contributed by atoms with Crippen molar-refractivity contribution in [2.24, 2.45) is 0 Å². The molecule has 4 aromatic rings. The molecule has 3 heteroatoms. The lowest BCUT2D eigenvalue weighted by Crippen LogP contribution is -2.07. The number of methoxy groups -OCH3 is 1. The summed E-state index contributed by atoms with van der Waals surface area (Å²) in [6.45, 7) is 1.46. The smallest absolute Gasteiger partial charge is 0.303 e. The largest absolute Gasteiger partial charge is 0.497 e. The fourth-order valence-corrected chi connectivity index (χ4v) is 4.20.